The highest BCUT2D eigenvalue weighted by atomic mass is 16.3. The average molecular weight is 251 g/mol. The third-order valence-corrected chi connectivity index (χ3v) is 3.06. The van der Waals surface area contributed by atoms with Crippen molar-refractivity contribution < 1.29 is 9.21 Å². The molecule has 0 saturated heterocycles. The Morgan fingerprint density at radius 2 is 1.84 bits per heavy atom. The first kappa shape index (κ1) is 11.5. The molecule has 2 aliphatic rings. The Kier molecular flexibility index (Phi) is 3.02. The van der Waals surface area contributed by atoms with Crippen LogP contribution in [0.1, 0.15) is 15.9 Å². The molecule has 3 heteroatoms. The number of carbonyl (C=O) groups excluding carboxylic acids is 1. The molecule has 0 unspecified atom stereocenters. The predicted molar refractivity (Wildman–Crippen MR) is 72.9 cm³/mol. The van der Waals surface area contributed by atoms with Crippen LogP contribution < -0.4 is 5.32 Å². The Morgan fingerprint density at radius 3 is 2.68 bits per heavy atom. The predicted octanol–water partition coefficient (Wildman–Crippen LogP) is 3.31. The van der Waals surface area contributed by atoms with E-state index in [1.165, 1.54) is 6.26 Å². The van der Waals surface area contributed by atoms with E-state index in [0.29, 0.717) is 12.1 Å². The van der Waals surface area contributed by atoms with E-state index in [1.807, 2.05) is 48.5 Å². The summed E-state index contributed by atoms with van der Waals surface area (Å²) in [6.07, 6.45) is 3.13. The first-order valence-corrected chi connectivity index (χ1v) is 6.11. The number of amides is 1. The van der Waals surface area contributed by atoms with Gasteiger partial charge in [-0.1, -0.05) is 48.5 Å². The highest BCUT2D eigenvalue weighted by Crippen LogP contribution is 2.26. The minimum atomic E-state index is -0.121. The van der Waals surface area contributed by atoms with Crippen molar-refractivity contribution >= 4 is 5.91 Å². The molecule has 1 N–H and O–H groups in total. The number of hydrogen-bond acceptors (Lipinski definition) is 2. The minimum absolute atomic E-state index is 0.121. The molecule has 0 fully saturated rings. The van der Waals surface area contributed by atoms with E-state index >= 15 is 0 Å². The third-order valence-electron chi connectivity index (χ3n) is 3.06. The van der Waals surface area contributed by atoms with Crippen LogP contribution in [0.15, 0.2) is 65.5 Å². The van der Waals surface area contributed by atoms with Crippen molar-refractivity contribution in [2.75, 3.05) is 0 Å². The molecule has 0 bridgehead atoms. The zero-order valence-electron chi connectivity index (χ0n) is 10.3. The van der Waals surface area contributed by atoms with Gasteiger partial charge in [0.15, 0.2) is 0 Å². The SMILES string of the molecule is O=C(NCc1ccccc1)c1cocc2cccc1-2. The van der Waals surface area contributed by atoms with E-state index in [9.17, 15) is 4.79 Å². The molecule has 1 amide bonds. The first-order chi connectivity index (χ1) is 9.34. The van der Waals surface area contributed by atoms with Gasteiger partial charge in [-0.2, -0.15) is 0 Å². The molecule has 3 nitrogen and oxygen atoms in total. The normalized spacial score (nSPS) is 10.5. The smallest absolute Gasteiger partial charge is 0.255 e. The summed E-state index contributed by atoms with van der Waals surface area (Å²) in [5.74, 6) is -0.121. The van der Waals surface area contributed by atoms with Crippen molar-refractivity contribution in [3.8, 4) is 11.1 Å². The van der Waals surface area contributed by atoms with Crippen LogP contribution in [0.25, 0.3) is 11.1 Å². The van der Waals surface area contributed by atoms with Gasteiger partial charge in [0, 0.05) is 17.7 Å². The number of nitrogens with one attached hydrogen (secondary N) is 1. The lowest BCUT2D eigenvalue weighted by Crippen LogP contribution is -2.23. The lowest BCUT2D eigenvalue weighted by atomic mass is 10.1. The van der Waals surface area contributed by atoms with Gasteiger partial charge in [-0.25, -0.2) is 0 Å². The van der Waals surface area contributed by atoms with Gasteiger partial charge in [0.1, 0.15) is 6.26 Å². The van der Waals surface area contributed by atoms with Gasteiger partial charge in [-0.05, 0) is 5.56 Å². The third kappa shape index (κ3) is 2.36. The molecular formula is C16H13NO2. The molecule has 1 aromatic carbocycles. The van der Waals surface area contributed by atoms with Gasteiger partial charge in [0.05, 0.1) is 11.8 Å². The zero-order chi connectivity index (χ0) is 13.1. The molecule has 0 saturated carbocycles. The van der Waals surface area contributed by atoms with Gasteiger partial charge in [-0.15, -0.1) is 0 Å². The monoisotopic (exact) mass is 251 g/mol. The summed E-state index contributed by atoms with van der Waals surface area (Å²) in [5, 5.41) is 2.90. The summed E-state index contributed by atoms with van der Waals surface area (Å²) in [6.45, 7) is 0.511. The number of hydrogen-bond donors (Lipinski definition) is 1. The average Bonchev–Trinajstić information content (AvgIpc) is 2.94. The van der Waals surface area contributed by atoms with Crippen molar-refractivity contribution in [1.82, 2.24) is 5.32 Å². The number of carbonyl (C=O) groups is 1. The maximum Gasteiger partial charge on any atom is 0.255 e. The van der Waals surface area contributed by atoms with Crippen LogP contribution in [-0.2, 0) is 6.54 Å². The fourth-order valence-corrected chi connectivity index (χ4v) is 2.07. The van der Waals surface area contributed by atoms with Crippen LogP contribution in [0.3, 0.4) is 0 Å². The summed E-state index contributed by atoms with van der Waals surface area (Å²) >= 11 is 0. The Morgan fingerprint density at radius 1 is 1.00 bits per heavy atom. The maximum atomic E-state index is 12.2. The molecule has 19 heavy (non-hydrogen) atoms. The summed E-state index contributed by atoms with van der Waals surface area (Å²) < 4.78 is 5.19. The van der Waals surface area contributed by atoms with E-state index in [1.54, 1.807) is 6.26 Å². The Labute approximate surface area is 111 Å². The molecule has 0 atom stereocenters. The molecule has 0 radical (unpaired) electrons. The Balaban J connectivity index is 1.76. The molecule has 0 aromatic heterocycles. The van der Waals surface area contributed by atoms with Gasteiger partial charge < -0.3 is 9.73 Å². The first-order valence-electron chi connectivity index (χ1n) is 6.11. The lowest BCUT2D eigenvalue weighted by Gasteiger charge is -2.08. The molecule has 3 rings (SSSR count). The van der Waals surface area contributed by atoms with Crippen LogP contribution in [0.5, 0.6) is 0 Å². The van der Waals surface area contributed by atoms with Crippen molar-refractivity contribution in [3.63, 3.8) is 0 Å². The standard InChI is InChI=1S/C16H13NO2/c18-16(17-9-12-5-2-1-3-6-12)15-11-19-10-13-7-4-8-14(13)15/h1-8,10-11H,9H2,(H,17,18). The van der Waals surface area contributed by atoms with E-state index in [2.05, 4.69) is 5.32 Å². The molecule has 0 spiro atoms. The van der Waals surface area contributed by atoms with E-state index < -0.39 is 0 Å². The van der Waals surface area contributed by atoms with Gasteiger partial charge in [-0.3, -0.25) is 4.79 Å². The molecule has 1 aromatic rings. The number of fused-ring (bicyclic) bond motifs is 1. The summed E-state index contributed by atoms with van der Waals surface area (Å²) in [5.41, 5.74) is 3.49. The van der Waals surface area contributed by atoms with E-state index in [0.717, 1.165) is 16.7 Å². The second-order valence-corrected chi connectivity index (χ2v) is 4.35. The van der Waals surface area contributed by atoms with Gasteiger partial charge in [0.25, 0.3) is 5.91 Å². The van der Waals surface area contributed by atoms with E-state index in [4.69, 9.17) is 4.42 Å². The van der Waals surface area contributed by atoms with Crippen LogP contribution in [0.4, 0.5) is 0 Å². The maximum absolute atomic E-state index is 12.2. The minimum Gasteiger partial charge on any atom is -0.471 e. The molecular weight excluding hydrogens is 238 g/mol. The van der Waals surface area contributed by atoms with Crippen molar-refractivity contribution in [3.05, 3.63) is 72.2 Å². The zero-order valence-corrected chi connectivity index (χ0v) is 10.3. The van der Waals surface area contributed by atoms with Gasteiger partial charge in [0.2, 0.25) is 0 Å². The fraction of sp³-hybridized carbons (Fsp3) is 0.0625. The quantitative estimate of drug-likeness (QED) is 0.776. The summed E-state index contributed by atoms with van der Waals surface area (Å²) in [4.78, 5) is 12.2. The second kappa shape index (κ2) is 4.98. The van der Waals surface area contributed by atoms with Gasteiger partial charge >= 0.3 is 0 Å². The summed E-state index contributed by atoms with van der Waals surface area (Å²) in [7, 11) is 0. The van der Waals surface area contributed by atoms with Crippen molar-refractivity contribution in [2.24, 2.45) is 0 Å². The van der Waals surface area contributed by atoms with E-state index in [-0.39, 0.29) is 5.91 Å². The van der Waals surface area contributed by atoms with Crippen LogP contribution in [-0.4, -0.2) is 5.91 Å². The second-order valence-electron chi connectivity index (χ2n) is 4.35. The topological polar surface area (TPSA) is 42.2 Å². The highest BCUT2D eigenvalue weighted by molar-refractivity contribution is 6.00. The number of benzene rings is 1. The largest absolute Gasteiger partial charge is 0.471 e. The summed E-state index contributed by atoms with van der Waals surface area (Å²) in [6, 6.07) is 15.6. The van der Waals surface area contributed by atoms with Crippen LogP contribution in [0, 0.1) is 0 Å². The highest BCUT2D eigenvalue weighted by Gasteiger charge is 2.15. The number of rotatable bonds is 3. The van der Waals surface area contributed by atoms with Crippen LogP contribution in [0.2, 0.25) is 0 Å². The molecule has 1 aliphatic heterocycles. The van der Waals surface area contributed by atoms with Crippen molar-refractivity contribution in [1.29, 1.82) is 0 Å². The molecule has 1 aliphatic carbocycles. The Bertz CT molecular complexity index is 658. The lowest BCUT2D eigenvalue weighted by molar-refractivity contribution is 0.0949. The van der Waals surface area contributed by atoms with Crippen molar-refractivity contribution in [2.45, 2.75) is 6.54 Å². The molecule has 1 heterocycles. The Hall–Kier alpha value is -2.55. The molecule has 94 valence electrons. The fourth-order valence-electron chi connectivity index (χ4n) is 2.07. The van der Waals surface area contributed by atoms with Crippen LogP contribution >= 0.6 is 0 Å².